The zero-order valence-electron chi connectivity index (χ0n) is 14.2. The van der Waals surface area contributed by atoms with E-state index in [0.717, 1.165) is 0 Å². The van der Waals surface area contributed by atoms with Crippen molar-refractivity contribution >= 4 is 30.4 Å². The molecule has 0 amide bonds. The molecule has 0 aromatic heterocycles. The molecule has 0 N–H and O–H groups in total. The van der Waals surface area contributed by atoms with Crippen LogP contribution in [0.1, 0.15) is 5.56 Å². The SMILES string of the molecule is Cc1cccc([S+](c2ccccc2)c2ccccc2)c1.[F][Sb-]([F])([F])([F])([F])[F]. The van der Waals surface area contributed by atoms with E-state index in [2.05, 4.69) is 91.9 Å². The Morgan fingerprint density at radius 1 is 0.556 bits per heavy atom. The summed E-state index contributed by atoms with van der Waals surface area (Å²) in [6, 6.07) is 30.3. The van der Waals surface area contributed by atoms with E-state index >= 15 is 0 Å². The zero-order chi connectivity index (χ0) is 20.2. The first-order valence-electron chi connectivity index (χ1n) is 7.77. The van der Waals surface area contributed by atoms with Crippen LogP contribution in [0.3, 0.4) is 0 Å². The van der Waals surface area contributed by atoms with Crippen molar-refractivity contribution in [3.8, 4) is 0 Å². The molecule has 0 aliphatic rings. The van der Waals surface area contributed by atoms with Gasteiger partial charge in [-0.1, -0.05) is 48.5 Å². The van der Waals surface area contributed by atoms with Crippen molar-refractivity contribution in [3.05, 3.63) is 90.5 Å². The summed E-state index contributed by atoms with van der Waals surface area (Å²) >= 11 is -11.2. The number of halogens is 6. The molecule has 8 heteroatoms. The van der Waals surface area contributed by atoms with E-state index in [1.165, 1.54) is 20.2 Å². The number of aryl methyl sites for hydroxylation is 1. The van der Waals surface area contributed by atoms with E-state index < -0.39 is 19.5 Å². The third-order valence-electron chi connectivity index (χ3n) is 3.18. The van der Waals surface area contributed by atoms with E-state index in [9.17, 15) is 16.9 Å². The Bertz CT molecular complexity index is 830. The fourth-order valence-corrected chi connectivity index (χ4v) is 4.46. The van der Waals surface area contributed by atoms with Crippen molar-refractivity contribution in [1.29, 1.82) is 0 Å². The van der Waals surface area contributed by atoms with Crippen molar-refractivity contribution in [3.63, 3.8) is 0 Å². The van der Waals surface area contributed by atoms with Crippen LogP contribution in [0.25, 0.3) is 0 Å². The molecule has 0 spiro atoms. The molecule has 0 radical (unpaired) electrons. The van der Waals surface area contributed by atoms with Crippen molar-refractivity contribution in [1.82, 2.24) is 0 Å². The average molecular weight is 513 g/mol. The topological polar surface area (TPSA) is 0 Å². The molecule has 0 saturated carbocycles. The van der Waals surface area contributed by atoms with E-state index in [4.69, 9.17) is 0 Å². The van der Waals surface area contributed by atoms with Gasteiger partial charge in [-0.3, -0.25) is 0 Å². The maximum atomic E-state index is 9.93. The molecule has 3 rings (SSSR count). The van der Waals surface area contributed by atoms with Gasteiger partial charge in [-0.15, -0.1) is 0 Å². The summed E-state index contributed by atoms with van der Waals surface area (Å²) in [5.41, 5.74) is 1.31. The molecule has 0 atom stereocenters. The van der Waals surface area contributed by atoms with Gasteiger partial charge in [0.2, 0.25) is 0 Å². The molecule has 3 aromatic carbocycles. The van der Waals surface area contributed by atoms with Crippen LogP contribution in [0.15, 0.2) is 99.6 Å². The minimum atomic E-state index is -11.2. The monoisotopic (exact) mass is 512 g/mol. The first kappa shape index (κ1) is 21.7. The molecule has 3 aromatic rings. The van der Waals surface area contributed by atoms with Crippen LogP contribution in [0.2, 0.25) is 0 Å². The van der Waals surface area contributed by atoms with Gasteiger partial charge in [0, 0.05) is 0 Å². The summed E-state index contributed by atoms with van der Waals surface area (Å²) in [6.07, 6.45) is 0. The standard InChI is InChI=1S/C19H17S.6FH.Sb/c1-16-9-8-14-19(15-16)20(17-10-4-2-5-11-17)18-12-6-3-7-13-18;;;;;;;/h2-15H,1H3;6*1H;/q+1;;;;;;;+5/p-6. The Hall–Kier alpha value is -1.59. The van der Waals surface area contributed by atoms with Crippen LogP contribution < -0.4 is 0 Å². The Labute approximate surface area is 159 Å². The first-order valence-corrected chi connectivity index (χ1v) is 14.8. The van der Waals surface area contributed by atoms with Gasteiger partial charge in [0.05, 0.1) is 10.9 Å². The van der Waals surface area contributed by atoms with Gasteiger partial charge in [-0.25, -0.2) is 0 Å². The summed E-state index contributed by atoms with van der Waals surface area (Å²) in [4.78, 5) is 4.11. The molecule has 0 heterocycles. The summed E-state index contributed by atoms with van der Waals surface area (Å²) < 4.78 is 59.6. The summed E-state index contributed by atoms with van der Waals surface area (Å²) in [5.74, 6) is 0. The number of hydrogen-bond acceptors (Lipinski definition) is 0. The molecule has 146 valence electrons. The number of hydrogen-bond donors (Lipinski definition) is 0. The van der Waals surface area contributed by atoms with E-state index in [0.29, 0.717) is 0 Å². The molecule has 0 saturated heterocycles. The second-order valence-corrected chi connectivity index (χ2v) is 13.2. The molecule has 27 heavy (non-hydrogen) atoms. The quantitative estimate of drug-likeness (QED) is 0.197. The van der Waals surface area contributed by atoms with Crippen LogP contribution in [0, 0.1) is 6.92 Å². The van der Waals surface area contributed by atoms with Gasteiger partial charge < -0.3 is 0 Å². The predicted octanol–water partition coefficient (Wildman–Crippen LogP) is 7.23. The molecule has 0 aliphatic heterocycles. The Balaban J connectivity index is 0.000000321. The van der Waals surface area contributed by atoms with E-state index in [1.54, 1.807) is 0 Å². The van der Waals surface area contributed by atoms with Crippen LogP contribution in [-0.4, -0.2) is 19.5 Å². The number of rotatable bonds is 3. The van der Waals surface area contributed by atoms with Gasteiger partial charge in [-0.05, 0) is 48.9 Å². The summed E-state index contributed by atoms with van der Waals surface area (Å²) in [7, 11) is -0.0249. The third-order valence-corrected chi connectivity index (χ3v) is 5.40. The molecule has 0 nitrogen and oxygen atoms in total. The fraction of sp³-hybridized carbons (Fsp3) is 0.0526. The van der Waals surface area contributed by atoms with Crippen molar-refractivity contribution in [2.24, 2.45) is 0 Å². The Morgan fingerprint density at radius 2 is 0.926 bits per heavy atom. The molecule has 0 bridgehead atoms. The van der Waals surface area contributed by atoms with Gasteiger partial charge in [0.1, 0.15) is 0 Å². The van der Waals surface area contributed by atoms with Crippen molar-refractivity contribution in [2.75, 3.05) is 0 Å². The van der Waals surface area contributed by atoms with E-state index in [1.807, 2.05) is 0 Å². The normalized spacial score (nSPS) is 13.9. The van der Waals surface area contributed by atoms with Gasteiger partial charge in [-0.2, -0.15) is 0 Å². The molecule has 0 aliphatic carbocycles. The minimum absolute atomic E-state index is 0.0249. The molecular formula is C19H17F6SSb. The average Bonchev–Trinajstić information content (AvgIpc) is 2.54. The predicted molar refractivity (Wildman–Crippen MR) is 98.6 cm³/mol. The number of benzene rings is 3. The third kappa shape index (κ3) is 9.25. The molecule has 0 unspecified atom stereocenters. The van der Waals surface area contributed by atoms with Crippen LogP contribution in [0.5, 0.6) is 0 Å². The van der Waals surface area contributed by atoms with Crippen LogP contribution in [-0.2, 0) is 10.9 Å². The summed E-state index contributed by atoms with van der Waals surface area (Å²) in [5, 5.41) is 0. The van der Waals surface area contributed by atoms with Crippen molar-refractivity contribution < 1.29 is 16.9 Å². The fourth-order valence-electron chi connectivity index (χ4n) is 2.26. The van der Waals surface area contributed by atoms with Crippen LogP contribution >= 0.6 is 0 Å². The zero-order valence-corrected chi connectivity index (χ0v) is 17.6. The maximum absolute atomic E-state index is 11.2. The van der Waals surface area contributed by atoms with Crippen LogP contribution in [0.4, 0.5) is 16.9 Å². The van der Waals surface area contributed by atoms with Gasteiger partial charge in [0.15, 0.2) is 14.7 Å². The molecular weight excluding hydrogens is 496 g/mol. The van der Waals surface area contributed by atoms with E-state index in [-0.39, 0.29) is 10.9 Å². The van der Waals surface area contributed by atoms with Gasteiger partial charge in [0.25, 0.3) is 0 Å². The summed E-state index contributed by atoms with van der Waals surface area (Å²) in [6.45, 7) is 2.15. The Morgan fingerprint density at radius 3 is 1.30 bits per heavy atom. The molecule has 0 fully saturated rings. The second kappa shape index (κ2) is 7.44. The first-order chi connectivity index (χ1) is 12.3. The Kier molecular flexibility index (Phi) is 5.98. The van der Waals surface area contributed by atoms with Crippen molar-refractivity contribution in [2.45, 2.75) is 21.6 Å². The second-order valence-electron chi connectivity index (χ2n) is 5.71. The van der Waals surface area contributed by atoms with Gasteiger partial charge >= 0.3 is 36.4 Å².